The van der Waals surface area contributed by atoms with E-state index in [1.165, 1.54) is 36.0 Å². The topological polar surface area (TPSA) is 54.9 Å². The maximum atomic E-state index is 12.7. The minimum atomic E-state index is -0.333. The average Bonchev–Trinajstić information content (AvgIpc) is 2.39. The van der Waals surface area contributed by atoms with Crippen LogP contribution in [0.3, 0.4) is 0 Å². The zero-order valence-electron chi connectivity index (χ0n) is 10.3. The van der Waals surface area contributed by atoms with Crippen molar-refractivity contribution in [2.45, 2.75) is 12.1 Å². The van der Waals surface area contributed by atoms with Crippen molar-refractivity contribution < 1.29 is 9.18 Å². The van der Waals surface area contributed by atoms with Crippen LogP contribution >= 0.6 is 11.8 Å². The average molecular weight is 277 g/mol. The number of carbonyl (C=O) groups is 1. The number of nitrogens with zero attached hydrogens (tertiary/aromatic N) is 2. The summed E-state index contributed by atoms with van der Waals surface area (Å²) in [7, 11) is 0. The van der Waals surface area contributed by atoms with Gasteiger partial charge in [-0.3, -0.25) is 4.79 Å². The molecule has 2 rings (SSSR count). The van der Waals surface area contributed by atoms with Crippen molar-refractivity contribution in [3.05, 3.63) is 48.0 Å². The van der Waals surface area contributed by atoms with Gasteiger partial charge in [-0.1, -0.05) is 11.8 Å². The Bertz CT molecular complexity index is 574. The van der Waals surface area contributed by atoms with Crippen molar-refractivity contribution in [2.75, 3.05) is 11.1 Å². The molecule has 4 nitrogen and oxygen atoms in total. The Morgan fingerprint density at radius 3 is 2.74 bits per heavy atom. The Morgan fingerprint density at radius 2 is 2.05 bits per heavy atom. The first-order chi connectivity index (χ1) is 9.13. The molecule has 1 aromatic carbocycles. The van der Waals surface area contributed by atoms with Gasteiger partial charge >= 0.3 is 0 Å². The lowest BCUT2D eigenvalue weighted by Gasteiger charge is -2.04. The Morgan fingerprint density at radius 1 is 1.32 bits per heavy atom. The number of aryl methyl sites for hydroxylation is 1. The highest BCUT2D eigenvalue weighted by Crippen LogP contribution is 2.14. The summed E-state index contributed by atoms with van der Waals surface area (Å²) in [6.45, 7) is 1.87. The number of hydrogen-bond donors (Lipinski definition) is 1. The maximum absolute atomic E-state index is 12.7. The molecule has 98 valence electrons. The monoisotopic (exact) mass is 277 g/mol. The third-order valence-corrected chi connectivity index (χ3v) is 3.09. The molecule has 0 saturated carbocycles. The van der Waals surface area contributed by atoms with Gasteiger partial charge in [0, 0.05) is 17.6 Å². The van der Waals surface area contributed by atoms with Crippen molar-refractivity contribution in [2.24, 2.45) is 0 Å². The highest BCUT2D eigenvalue weighted by molar-refractivity contribution is 7.99. The highest BCUT2D eigenvalue weighted by Gasteiger charge is 2.05. The van der Waals surface area contributed by atoms with Gasteiger partial charge < -0.3 is 5.32 Å². The van der Waals surface area contributed by atoms with Crippen LogP contribution in [0.4, 0.5) is 10.1 Å². The Hall–Kier alpha value is -1.95. The van der Waals surface area contributed by atoms with E-state index in [9.17, 15) is 9.18 Å². The molecule has 0 spiro atoms. The molecule has 1 aromatic heterocycles. The predicted molar refractivity (Wildman–Crippen MR) is 72.5 cm³/mol. The van der Waals surface area contributed by atoms with E-state index in [4.69, 9.17) is 0 Å². The third-order valence-electron chi connectivity index (χ3n) is 2.23. The van der Waals surface area contributed by atoms with E-state index in [0.717, 1.165) is 5.69 Å². The smallest absolute Gasteiger partial charge is 0.234 e. The van der Waals surface area contributed by atoms with Crippen molar-refractivity contribution in [3.8, 4) is 0 Å². The van der Waals surface area contributed by atoms with E-state index in [0.29, 0.717) is 10.8 Å². The normalized spacial score (nSPS) is 10.2. The van der Waals surface area contributed by atoms with Crippen LogP contribution in [0.25, 0.3) is 0 Å². The molecule has 1 amide bonds. The van der Waals surface area contributed by atoms with Crippen LogP contribution in [0.15, 0.2) is 41.7 Å². The van der Waals surface area contributed by atoms with Crippen LogP contribution in [0, 0.1) is 12.7 Å². The molecule has 19 heavy (non-hydrogen) atoms. The summed E-state index contributed by atoms with van der Waals surface area (Å²) in [6, 6.07) is 7.42. The summed E-state index contributed by atoms with van der Waals surface area (Å²) < 4.78 is 12.7. The first-order valence-corrected chi connectivity index (χ1v) is 6.60. The van der Waals surface area contributed by atoms with Gasteiger partial charge in [-0.2, -0.15) is 0 Å². The number of rotatable bonds is 4. The molecule has 0 unspecified atom stereocenters. The zero-order chi connectivity index (χ0) is 13.7. The Balaban J connectivity index is 1.86. The molecule has 0 atom stereocenters. The van der Waals surface area contributed by atoms with Gasteiger partial charge in [-0.25, -0.2) is 14.4 Å². The van der Waals surface area contributed by atoms with Gasteiger partial charge in [0.2, 0.25) is 5.91 Å². The number of carbonyl (C=O) groups excluding carboxylic acids is 1. The number of hydrogen-bond acceptors (Lipinski definition) is 4. The quantitative estimate of drug-likeness (QED) is 0.689. The second-order valence-corrected chi connectivity index (χ2v) is 4.77. The van der Waals surface area contributed by atoms with Crippen LogP contribution < -0.4 is 5.32 Å². The van der Waals surface area contributed by atoms with Gasteiger partial charge in [0.25, 0.3) is 0 Å². The van der Waals surface area contributed by atoms with E-state index >= 15 is 0 Å². The van der Waals surface area contributed by atoms with Gasteiger partial charge in [-0.15, -0.1) is 0 Å². The fourth-order valence-corrected chi connectivity index (χ4v) is 2.03. The molecule has 0 fully saturated rings. The molecular formula is C13H12FN3OS. The predicted octanol–water partition coefficient (Wildman–Crippen LogP) is 2.65. The number of amides is 1. The van der Waals surface area contributed by atoms with Crippen molar-refractivity contribution >= 4 is 23.4 Å². The number of thioether (sulfide) groups is 1. The van der Waals surface area contributed by atoms with Gasteiger partial charge in [0.05, 0.1) is 5.75 Å². The first-order valence-electron chi connectivity index (χ1n) is 5.61. The van der Waals surface area contributed by atoms with Crippen molar-refractivity contribution in [3.63, 3.8) is 0 Å². The second kappa shape index (κ2) is 6.29. The highest BCUT2D eigenvalue weighted by atomic mass is 32.2. The van der Waals surface area contributed by atoms with Crippen LogP contribution in [0.5, 0.6) is 0 Å². The van der Waals surface area contributed by atoms with Crippen LogP contribution in [-0.4, -0.2) is 21.6 Å². The van der Waals surface area contributed by atoms with E-state index < -0.39 is 0 Å². The number of aromatic nitrogens is 2. The molecule has 0 aliphatic heterocycles. The number of benzene rings is 1. The molecule has 0 radical (unpaired) electrons. The molecule has 0 aliphatic carbocycles. The lowest BCUT2D eigenvalue weighted by molar-refractivity contribution is -0.113. The lowest BCUT2D eigenvalue weighted by Crippen LogP contribution is -2.14. The standard InChI is InChI=1S/C13H12FN3OS/c1-9-6-7-15-13(16-9)19-8-12(18)17-11-4-2-10(14)3-5-11/h2-7H,8H2,1H3,(H,17,18). The summed E-state index contributed by atoms with van der Waals surface area (Å²) in [5.74, 6) is -0.303. The molecule has 2 aromatic rings. The van der Waals surface area contributed by atoms with Gasteiger partial charge in [0.1, 0.15) is 5.82 Å². The number of nitrogens with one attached hydrogen (secondary N) is 1. The molecule has 1 heterocycles. The number of anilines is 1. The molecule has 0 saturated heterocycles. The molecule has 0 aliphatic rings. The third kappa shape index (κ3) is 4.33. The van der Waals surface area contributed by atoms with Gasteiger partial charge in [-0.05, 0) is 37.3 Å². The summed E-state index contributed by atoms with van der Waals surface area (Å²) in [5, 5.41) is 3.24. The molecule has 1 N–H and O–H groups in total. The maximum Gasteiger partial charge on any atom is 0.234 e. The van der Waals surface area contributed by atoms with E-state index in [1.807, 2.05) is 6.92 Å². The van der Waals surface area contributed by atoms with Crippen molar-refractivity contribution in [1.82, 2.24) is 9.97 Å². The SMILES string of the molecule is Cc1ccnc(SCC(=O)Nc2ccc(F)cc2)n1. The fraction of sp³-hybridized carbons (Fsp3) is 0.154. The summed E-state index contributed by atoms with van der Waals surface area (Å²) in [4.78, 5) is 19.9. The Labute approximate surface area is 114 Å². The summed E-state index contributed by atoms with van der Waals surface area (Å²) in [5.41, 5.74) is 1.42. The first kappa shape index (κ1) is 13.5. The van der Waals surface area contributed by atoms with Gasteiger partial charge in [0.15, 0.2) is 5.16 Å². The van der Waals surface area contributed by atoms with Crippen molar-refractivity contribution in [1.29, 1.82) is 0 Å². The second-order valence-electron chi connectivity index (χ2n) is 3.82. The minimum absolute atomic E-state index is 0.179. The molecule has 0 bridgehead atoms. The van der Waals surface area contributed by atoms with E-state index in [-0.39, 0.29) is 17.5 Å². The van der Waals surface area contributed by atoms with Crippen LogP contribution in [-0.2, 0) is 4.79 Å². The minimum Gasteiger partial charge on any atom is -0.325 e. The summed E-state index contributed by atoms with van der Waals surface area (Å²) >= 11 is 1.26. The fourth-order valence-electron chi connectivity index (χ4n) is 1.36. The largest absolute Gasteiger partial charge is 0.325 e. The summed E-state index contributed by atoms with van der Waals surface area (Å²) in [6.07, 6.45) is 1.66. The zero-order valence-corrected chi connectivity index (χ0v) is 11.1. The van der Waals surface area contributed by atoms with E-state index in [1.54, 1.807) is 12.3 Å². The Kier molecular flexibility index (Phi) is 4.46. The van der Waals surface area contributed by atoms with Crippen LogP contribution in [0.2, 0.25) is 0 Å². The molecular weight excluding hydrogens is 265 g/mol. The molecule has 6 heteroatoms. The van der Waals surface area contributed by atoms with Crippen LogP contribution in [0.1, 0.15) is 5.69 Å². The number of halogens is 1. The lowest BCUT2D eigenvalue weighted by atomic mass is 10.3. The van der Waals surface area contributed by atoms with E-state index in [2.05, 4.69) is 15.3 Å².